The van der Waals surface area contributed by atoms with Crippen LogP contribution < -0.4 is 5.32 Å². The number of hydrogen-bond donors (Lipinski definition) is 1. The Morgan fingerprint density at radius 3 is 2.60 bits per heavy atom. The van der Waals surface area contributed by atoms with E-state index in [2.05, 4.69) is 15.3 Å². The SMILES string of the molecule is CC(=O)Nc1nc(-c2ccccn2)cc2ccccc12. The molecule has 0 unspecified atom stereocenters. The van der Waals surface area contributed by atoms with E-state index < -0.39 is 0 Å². The molecule has 20 heavy (non-hydrogen) atoms. The number of rotatable bonds is 2. The minimum absolute atomic E-state index is 0.138. The number of benzene rings is 1. The number of carbonyl (C=O) groups excluding carboxylic acids is 1. The topological polar surface area (TPSA) is 54.9 Å². The Morgan fingerprint density at radius 1 is 1.05 bits per heavy atom. The largest absolute Gasteiger partial charge is 0.310 e. The first-order valence-electron chi connectivity index (χ1n) is 6.33. The monoisotopic (exact) mass is 263 g/mol. The van der Waals surface area contributed by atoms with Gasteiger partial charge >= 0.3 is 0 Å². The Kier molecular flexibility index (Phi) is 3.13. The molecule has 2 heterocycles. The highest BCUT2D eigenvalue weighted by Crippen LogP contribution is 2.26. The van der Waals surface area contributed by atoms with Gasteiger partial charge < -0.3 is 5.32 Å². The molecule has 4 heteroatoms. The van der Waals surface area contributed by atoms with Gasteiger partial charge in [-0.3, -0.25) is 9.78 Å². The van der Waals surface area contributed by atoms with Crippen molar-refractivity contribution in [1.29, 1.82) is 0 Å². The molecule has 0 saturated heterocycles. The van der Waals surface area contributed by atoms with E-state index in [4.69, 9.17) is 0 Å². The van der Waals surface area contributed by atoms with Gasteiger partial charge in [-0.1, -0.05) is 30.3 Å². The second-order valence-corrected chi connectivity index (χ2v) is 4.47. The van der Waals surface area contributed by atoms with Crippen LogP contribution in [0.4, 0.5) is 5.82 Å². The fourth-order valence-electron chi connectivity index (χ4n) is 2.11. The minimum atomic E-state index is -0.138. The predicted octanol–water partition coefficient (Wildman–Crippen LogP) is 3.26. The number of anilines is 1. The zero-order valence-electron chi connectivity index (χ0n) is 11.0. The van der Waals surface area contributed by atoms with E-state index in [1.165, 1.54) is 6.92 Å². The molecule has 0 radical (unpaired) electrons. The highest BCUT2D eigenvalue weighted by Gasteiger charge is 2.09. The second-order valence-electron chi connectivity index (χ2n) is 4.47. The van der Waals surface area contributed by atoms with Gasteiger partial charge in [0.25, 0.3) is 0 Å². The van der Waals surface area contributed by atoms with Crippen molar-refractivity contribution in [2.75, 3.05) is 5.32 Å². The van der Waals surface area contributed by atoms with Crippen molar-refractivity contribution in [1.82, 2.24) is 9.97 Å². The molecule has 1 N–H and O–H groups in total. The van der Waals surface area contributed by atoms with E-state index >= 15 is 0 Å². The molecule has 3 aromatic rings. The molecule has 0 spiro atoms. The average molecular weight is 263 g/mol. The number of hydrogen-bond acceptors (Lipinski definition) is 3. The molecule has 4 nitrogen and oxygen atoms in total. The Labute approximate surface area is 116 Å². The molecule has 0 saturated carbocycles. The lowest BCUT2D eigenvalue weighted by molar-refractivity contribution is -0.114. The molecule has 0 aliphatic rings. The molecular weight excluding hydrogens is 250 g/mol. The summed E-state index contributed by atoms with van der Waals surface area (Å²) in [7, 11) is 0. The summed E-state index contributed by atoms with van der Waals surface area (Å²) in [5.74, 6) is 0.428. The van der Waals surface area contributed by atoms with Gasteiger partial charge in [-0.25, -0.2) is 4.98 Å². The molecule has 3 rings (SSSR count). The minimum Gasteiger partial charge on any atom is -0.310 e. The molecule has 0 aliphatic heterocycles. The summed E-state index contributed by atoms with van der Waals surface area (Å²) in [4.78, 5) is 20.2. The van der Waals surface area contributed by atoms with Crippen LogP contribution in [-0.2, 0) is 4.79 Å². The third kappa shape index (κ3) is 2.36. The summed E-state index contributed by atoms with van der Waals surface area (Å²) in [5, 5.41) is 4.72. The number of fused-ring (bicyclic) bond motifs is 1. The van der Waals surface area contributed by atoms with Gasteiger partial charge in [0.1, 0.15) is 5.82 Å². The van der Waals surface area contributed by atoms with Gasteiger partial charge in [-0.05, 0) is 23.6 Å². The van der Waals surface area contributed by atoms with Crippen molar-refractivity contribution in [2.45, 2.75) is 6.92 Å². The summed E-state index contributed by atoms with van der Waals surface area (Å²) >= 11 is 0. The van der Waals surface area contributed by atoms with Crippen molar-refractivity contribution < 1.29 is 4.79 Å². The molecule has 0 aliphatic carbocycles. The van der Waals surface area contributed by atoms with Gasteiger partial charge in [0.05, 0.1) is 11.4 Å². The Morgan fingerprint density at radius 2 is 1.85 bits per heavy atom. The average Bonchev–Trinajstić information content (AvgIpc) is 2.47. The maximum atomic E-state index is 11.3. The maximum absolute atomic E-state index is 11.3. The first-order chi connectivity index (χ1) is 9.74. The van der Waals surface area contributed by atoms with Crippen LogP contribution in [0.2, 0.25) is 0 Å². The van der Waals surface area contributed by atoms with Crippen LogP contribution in [0.3, 0.4) is 0 Å². The Bertz CT molecular complexity index is 769. The molecule has 1 aromatic carbocycles. The van der Waals surface area contributed by atoms with Crippen LogP contribution in [0, 0.1) is 0 Å². The van der Waals surface area contributed by atoms with Crippen molar-refractivity contribution in [3.63, 3.8) is 0 Å². The first kappa shape index (κ1) is 12.3. The van der Waals surface area contributed by atoms with Crippen LogP contribution in [0.5, 0.6) is 0 Å². The summed E-state index contributed by atoms with van der Waals surface area (Å²) in [6.07, 6.45) is 1.73. The number of aromatic nitrogens is 2. The van der Waals surface area contributed by atoms with Gasteiger partial charge in [-0.15, -0.1) is 0 Å². The maximum Gasteiger partial charge on any atom is 0.222 e. The van der Waals surface area contributed by atoms with Crippen LogP contribution in [-0.4, -0.2) is 15.9 Å². The van der Waals surface area contributed by atoms with Crippen LogP contribution in [0.1, 0.15) is 6.92 Å². The van der Waals surface area contributed by atoms with E-state index in [9.17, 15) is 4.79 Å². The summed E-state index contributed by atoms with van der Waals surface area (Å²) in [5.41, 5.74) is 1.53. The number of amides is 1. The number of carbonyl (C=O) groups is 1. The first-order valence-corrected chi connectivity index (χ1v) is 6.33. The molecular formula is C16H13N3O. The van der Waals surface area contributed by atoms with Crippen molar-refractivity contribution >= 4 is 22.5 Å². The Balaban J connectivity index is 2.22. The number of pyridine rings is 2. The summed E-state index contributed by atoms with van der Waals surface area (Å²) in [6, 6.07) is 15.5. The van der Waals surface area contributed by atoms with Crippen molar-refractivity contribution in [3.8, 4) is 11.4 Å². The van der Waals surface area contributed by atoms with E-state index in [-0.39, 0.29) is 5.91 Å². The lowest BCUT2D eigenvalue weighted by Crippen LogP contribution is -2.08. The van der Waals surface area contributed by atoms with Gasteiger partial charge in [-0.2, -0.15) is 0 Å². The molecule has 0 atom stereocenters. The van der Waals surface area contributed by atoms with Crippen molar-refractivity contribution in [2.24, 2.45) is 0 Å². The molecule has 2 aromatic heterocycles. The van der Waals surface area contributed by atoms with Crippen molar-refractivity contribution in [3.05, 3.63) is 54.7 Å². The molecule has 0 fully saturated rings. The van der Waals surface area contributed by atoms with Gasteiger partial charge in [0.15, 0.2) is 0 Å². The lowest BCUT2D eigenvalue weighted by Gasteiger charge is -2.09. The van der Waals surface area contributed by atoms with Crippen LogP contribution in [0.15, 0.2) is 54.7 Å². The zero-order valence-corrected chi connectivity index (χ0v) is 11.0. The summed E-state index contributed by atoms with van der Waals surface area (Å²) < 4.78 is 0. The fourth-order valence-corrected chi connectivity index (χ4v) is 2.11. The third-order valence-electron chi connectivity index (χ3n) is 2.96. The van der Waals surface area contributed by atoms with E-state index in [0.717, 1.165) is 22.2 Å². The number of nitrogens with zero attached hydrogens (tertiary/aromatic N) is 2. The molecule has 1 amide bonds. The third-order valence-corrected chi connectivity index (χ3v) is 2.96. The second kappa shape index (κ2) is 5.09. The zero-order chi connectivity index (χ0) is 13.9. The fraction of sp³-hybridized carbons (Fsp3) is 0.0625. The lowest BCUT2D eigenvalue weighted by atomic mass is 10.1. The smallest absolute Gasteiger partial charge is 0.222 e. The van der Waals surface area contributed by atoms with Gasteiger partial charge in [0.2, 0.25) is 5.91 Å². The van der Waals surface area contributed by atoms with E-state index in [1.54, 1.807) is 6.20 Å². The van der Waals surface area contributed by atoms with Gasteiger partial charge in [0, 0.05) is 18.5 Å². The normalized spacial score (nSPS) is 10.4. The van der Waals surface area contributed by atoms with Crippen LogP contribution >= 0.6 is 0 Å². The standard InChI is InChI=1S/C16H13N3O/c1-11(20)18-16-13-7-3-2-6-12(13)10-15(19-16)14-8-4-5-9-17-14/h2-10H,1H3,(H,18,19,20). The summed E-state index contributed by atoms with van der Waals surface area (Å²) in [6.45, 7) is 1.48. The highest BCUT2D eigenvalue weighted by molar-refractivity contribution is 6.00. The predicted molar refractivity (Wildman–Crippen MR) is 79.3 cm³/mol. The van der Waals surface area contributed by atoms with Crippen LogP contribution in [0.25, 0.3) is 22.2 Å². The quantitative estimate of drug-likeness (QED) is 0.772. The molecule has 0 bridgehead atoms. The van der Waals surface area contributed by atoms with E-state index in [0.29, 0.717) is 5.82 Å². The van der Waals surface area contributed by atoms with E-state index in [1.807, 2.05) is 48.5 Å². The highest BCUT2D eigenvalue weighted by atomic mass is 16.1. The Hall–Kier alpha value is -2.75. The molecule has 98 valence electrons. The number of nitrogens with one attached hydrogen (secondary N) is 1.